The first-order chi connectivity index (χ1) is 11.3. The third-order valence-electron chi connectivity index (χ3n) is 3.83. The number of aliphatic imine (C=N–C) groups is 1. The highest BCUT2D eigenvalue weighted by atomic mass is 15.4. The van der Waals surface area contributed by atoms with E-state index in [9.17, 15) is 0 Å². The number of rotatable bonds is 3. The average Bonchev–Trinajstić information content (AvgIpc) is 3.02. The number of nitrogens with zero attached hydrogens (tertiary/aromatic N) is 7. The SMILES string of the molecule is CN=C(NCc1cnn(C)c1)N1CCN(c2ncccn2)CC1. The van der Waals surface area contributed by atoms with Crippen LogP contribution in [0.2, 0.25) is 0 Å². The van der Waals surface area contributed by atoms with E-state index in [4.69, 9.17) is 0 Å². The molecule has 0 spiro atoms. The average molecular weight is 314 g/mol. The predicted octanol–water partition coefficient (Wildman–Crippen LogP) is 0.108. The maximum Gasteiger partial charge on any atom is 0.225 e. The molecule has 8 nitrogen and oxygen atoms in total. The van der Waals surface area contributed by atoms with Crippen LogP contribution >= 0.6 is 0 Å². The van der Waals surface area contributed by atoms with Crippen molar-refractivity contribution in [3.8, 4) is 0 Å². The highest BCUT2D eigenvalue weighted by Crippen LogP contribution is 2.09. The standard InChI is InChI=1S/C15H22N8/c1-16-14(19-10-13-11-20-21(2)12-13)22-6-8-23(9-7-22)15-17-4-3-5-18-15/h3-5,11-12H,6-10H2,1-2H3,(H,16,19). The van der Waals surface area contributed by atoms with Gasteiger partial charge in [0.1, 0.15) is 0 Å². The monoisotopic (exact) mass is 314 g/mol. The third-order valence-corrected chi connectivity index (χ3v) is 3.83. The summed E-state index contributed by atoms with van der Waals surface area (Å²) in [6, 6.07) is 1.84. The van der Waals surface area contributed by atoms with Gasteiger partial charge in [0.05, 0.1) is 6.20 Å². The maximum absolute atomic E-state index is 4.39. The molecule has 0 amide bonds. The molecule has 0 bridgehead atoms. The van der Waals surface area contributed by atoms with Crippen molar-refractivity contribution in [1.29, 1.82) is 0 Å². The molecule has 122 valence electrons. The van der Waals surface area contributed by atoms with Gasteiger partial charge in [0, 0.05) is 71.0 Å². The van der Waals surface area contributed by atoms with Crippen molar-refractivity contribution in [2.75, 3.05) is 38.1 Å². The first-order valence-electron chi connectivity index (χ1n) is 7.71. The lowest BCUT2D eigenvalue weighted by atomic mass is 10.3. The molecule has 0 saturated carbocycles. The second-order valence-corrected chi connectivity index (χ2v) is 5.45. The summed E-state index contributed by atoms with van der Waals surface area (Å²) in [5, 5.41) is 7.58. The topological polar surface area (TPSA) is 74.5 Å². The minimum atomic E-state index is 0.725. The molecule has 1 fully saturated rings. The Morgan fingerprint density at radius 2 is 1.96 bits per heavy atom. The fraction of sp³-hybridized carbons (Fsp3) is 0.467. The molecule has 0 atom stereocenters. The van der Waals surface area contributed by atoms with Gasteiger partial charge >= 0.3 is 0 Å². The molecule has 0 unspecified atom stereocenters. The van der Waals surface area contributed by atoms with E-state index in [1.165, 1.54) is 0 Å². The van der Waals surface area contributed by atoms with Crippen LogP contribution in [0.4, 0.5) is 5.95 Å². The van der Waals surface area contributed by atoms with Crippen LogP contribution in [-0.4, -0.2) is 63.8 Å². The van der Waals surface area contributed by atoms with Gasteiger partial charge in [-0.15, -0.1) is 0 Å². The van der Waals surface area contributed by atoms with Crippen LogP contribution in [0.15, 0.2) is 35.8 Å². The number of nitrogens with one attached hydrogen (secondary N) is 1. The Bertz CT molecular complexity index is 643. The molecule has 8 heteroatoms. The van der Waals surface area contributed by atoms with Crippen LogP contribution in [0.3, 0.4) is 0 Å². The summed E-state index contributed by atoms with van der Waals surface area (Å²) in [7, 11) is 3.74. The van der Waals surface area contributed by atoms with Crippen molar-refractivity contribution in [2.45, 2.75) is 6.54 Å². The quantitative estimate of drug-likeness (QED) is 0.640. The number of aromatic nitrogens is 4. The molecular formula is C15H22N8. The molecule has 3 rings (SSSR count). The normalized spacial score (nSPS) is 15.8. The molecule has 1 aliphatic heterocycles. The summed E-state index contributed by atoms with van der Waals surface area (Å²) in [5.74, 6) is 1.72. The largest absolute Gasteiger partial charge is 0.352 e. The van der Waals surface area contributed by atoms with Crippen LogP contribution in [0, 0.1) is 0 Å². The zero-order valence-electron chi connectivity index (χ0n) is 13.6. The van der Waals surface area contributed by atoms with Gasteiger partial charge in [-0.3, -0.25) is 9.67 Å². The van der Waals surface area contributed by atoms with Gasteiger partial charge in [-0.1, -0.05) is 0 Å². The summed E-state index contributed by atoms with van der Waals surface area (Å²) in [6.07, 6.45) is 7.43. The van der Waals surface area contributed by atoms with Crippen LogP contribution in [0.1, 0.15) is 5.56 Å². The Morgan fingerprint density at radius 1 is 1.22 bits per heavy atom. The second kappa shape index (κ2) is 7.08. The van der Waals surface area contributed by atoms with Gasteiger partial charge in [0.15, 0.2) is 5.96 Å². The summed E-state index contributed by atoms with van der Waals surface area (Å²) < 4.78 is 1.80. The summed E-state index contributed by atoms with van der Waals surface area (Å²) in [4.78, 5) is 17.5. The number of aryl methyl sites for hydroxylation is 1. The zero-order valence-corrected chi connectivity index (χ0v) is 13.6. The first kappa shape index (κ1) is 15.3. The van der Waals surface area contributed by atoms with Gasteiger partial charge in [0.2, 0.25) is 5.95 Å². The molecule has 1 N–H and O–H groups in total. The van der Waals surface area contributed by atoms with Crippen molar-refractivity contribution < 1.29 is 0 Å². The Hall–Kier alpha value is -2.64. The van der Waals surface area contributed by atoms with E-state index in [1.54, 1.807) is 17.1 Å². The molecule has 2 aromatic rings. The minimum Gasteiger partial charge on any atom is -0.352 e. The lowest BCUT2D eigenvalue weighted by molar-refractivity contribution is 0.370. The minimum absolute atomic E-state index is 0.725. The van der Waals surface area contributed by atoms with Crippen LogP contribution in [-0.2, 0) is 13.6 Å². The van der Waals surface area contributed by atoms with Gasteiger partial charge in [-0.25, -0.2) is 9.97 Å². The first-order valence-corrected chi connectivity index (χ1v) is 7.71. The summed E-state index contributed by atoms with van der Waals surface area (Å²) in [6.45, 7) is 4.29. The Kier molecular flexibility index (Phi) is 4.70. The number of hydrogen-bond acceptors (Lipinski definition) is 5. The lowest BCUT2D eigenvalue weighted by Crippen LogP contribution is -2.52. The van der Waals surface area contributed by atoms with Crippen molar-refractivity contribution in [1.82, 2.24) is 30.0 Å². The third kappa shape index (κ3) is 3.77. The molecule has 3 heterocycles. The fourth-order valence-corrected chi connectivity index (χ4v) is 2.65. The van der Waals surface area contributed by atoms with E-state index in [0.29, 0.717) is 0 Å². The number of anilines is 1. The van der Waals surface area contributed by atoms with E-state index in [0.717, 1.165) is 50.2 Å². The van der Waals surface area contributed by atoms with Crippen molar-refractivity contribution in [3.63, 3.8) is 0 Å². The Balaban J connectivity index is 1.53. The smallest absolute Gasteiger partial charge is 0.225 e. The van der Waals surface area contributed by atoms with Gasteiger partial charge in [-0.2, -0.15) is 5.10 Å². The van der Waals surface area contributed by atoms with Crippen LogP contribution in [0.25, 0.3) is 0 Å². The second-order valence-electron chi connectivity index (χ2n) is 5.45. The number of piperazine rings is 1. The molecule has 0 aliphatic carbocycles. The zero-order chi connectivity index (χ0) is 16.1. The van der Waals surface area contributed by atoms with Crippen LogP contribution < -0.4 is 10.2 Å². The highest BCUT2D eigenvalue weighted by Gasteiger charge is 2.20. The Morgan fingerprint density at radius 3 is 2.57 bits per heavy atom. The van der Waals surface area contributed by atoms with E-state index in [1.807, 2.05) is 32.6 Å². The summed E-state index contributed by atoms with van der Waals surface area (Å²) >= 11 is 0. The molecule has 0 radical (unpaired) electrons. The van der Waals surface area contributed by atoms with Crippen molar-refractivity contribution >= 4 is 11.9 Å². The molecular weight excluding hydrogens is 292 g/mol. The number of guanidine groups is 1. The molecule has 1 saturated heterocycles. The van der Waals surface area contributed by atoms with Crippen LogP contribution in [0.5, 0.6) is 0 Å². The van der Waals surface area contributed by atoms with E-state index < -0.39 is 0 Å². The molecule has 1 aliphatic rings. The molecule has 2 aromatic heterocycles. The van der Waals surface area contributed by atoms with Gasteiger partial charge in [0.25, 0.3) is 0 Å². The van der Waals surface area contributed by atoms with Crippen molar-refractivity contribution in [2.24, 2.45) is 12.0 Å². The molecule has 23 heavy (non-hydrogen) atoms. The predicted molar refractivity (Wildman–Crippen MR) is 89.2 cm³/mol. The van der Waals surface area contributed by atoms with E-state index in [2.05, 4.69) is 35.2 Å². The molecule has 0 aromatic carbocycles. The van der Waals surface area contributed by atoms with E-state index >= 15 is 0 Å². The highest BCUT2D eigenvalue weighted by molar-refractivity contribution is 5.80. The van der Waals surface area contributed by atoms with Gasteiger partial charge < -0.3 is 15.1 Å². The fourth-order valence-electron chi connectivity index (χ4n) is 2.65. The number of hydrogen-bond donors (Lipinski definition) is 1. The van der Waals surface area contributed by atoms with Gasteiger partial charge in [-0.05, 0) is 6.07 Å². The van der Waals surface area contributed by atoms with Crippen molar-refractivity contribution in [3.05, 3.63) is 36.4 Å². The summed E-state index contributed by atoms with van der Waals surface area (Å²) in [5.41, 5.74) is 1.14. The lowest BCUT2D eigenvalue weighted by Gasteiger charge is -2.36. The Labute approximate surface area is 135 Å². The maximum atomic E-state index is 4.39. The van der Waals surface area contributed by atoms with E-state index in [-0.39, 0.29) is 0 Å².